The van der Waals surface area contributed by atoms with Gasteiger partial charge in [0.2, 0.25) is 0 Å². The lowest BCUT2D eigenvalue weighted by molar-refractivity contribution is 0.500. The van der Waals surface area contributed by atoms with Crippen molar-refractivity contribution in [1.82, 2.24) is 4.98 Å². The Morgan fingerprint density at radius 2 is 2.00 bits per heavy atom. The Morgan fingerprint density at radius 1 is 1.22 bits per heavy atom. The molecule has 0 saturated carbocycles. The quantitative estimate of drug-likeness (QED) is 0.853. The molecule has 0 fully saturated rings. The van der Waals surface area contributed by atoms with Gasteiger partial charge in [-0.1, -0.05) is 23.7 Å². The summed E-state index contributed by atoms with van der Waals surface area (Å²) in [4.78, 5) is 4.06. The Hall–Kier alpha value is -1.68. The van der Waals surface area contributed by atoms with Crippen molar-refractivity contribution in [3.05, 3.63) is 58.4 Å². The fraction of sp³-hybridized carbons (Fsp3) is 0.154. The zero-order valence-corrected chi connectivity index (χ0v) is 10.4. The molecule has 0 aliphatic carbocycles. The van der Waals surface area contributed by atoms with Crippen molar-refractivity contribution in [2.45, 2.75) is 13.5 Å². The van der Waals surface area contributed by atoms with E-state index in [0.717, 1.165) is 11.8 Å². The number of pyridine rings is 1. The van der Waals surface area contributed by atoms with Gasteiger partial charge in [0.1, 0.15) is 5.15 Å². The number of nitrogens with zero attached hydrogens (tertiary/aromatic N) is 1. The maximum absolute atomic E-state index is 13.4. The number of nitrogens with one attached hydrogen (secondary N) is 1. The zero-order chi connectivity index (χ0) is 13.1. The summed E-state index contributed by atoms with van der Waals surface area (Å²) < 4.78 is 26.4. The molecule has 2 nitrogen and oxygen atoms in total. The fourth-order valence-electron chi connectivity index (χ4n) is 1.59. The molecular formula is C13H11ClF2N2. The van der Waals surface area contributed by atoms with Crippen LogP contribution in [0, 0.1) is 18.6 Å². The number of anilines is 1. The number of hydrogen-bond donors (Lipinski definition) is 1. The molecule has 1 heterocycles. The van der Waals surface area contributed by atoms with Gasteiger partial charge in [-0.3, -0.25) is 0 Å². The van der Waals surface area contributed by atoms with Crippen LogP contribution in [0.4, 0.5) is 14.5 Å². The number of rotatable bonds is 3. The molecule has 1 N–H and O–H groups in total. The van der Waals surface area contributed by atoms with Gasteiger partial charge in [0, 0.05) is 12.1 Å². The number of benzene rings is 1. The first-order chi connectivity index (χ1) is 8.58. The maximum Gasteiger partial charge on any atom is 0.163 e. The predicted molar refractivity (Wildman–Crippen MR) is 67.7 cm³/mol. The molecule has 0 aliphatic heterocycles. The molecular weight excluding hydrogens is 258 g/mol. The van der Waals surface area contributed by atoms with E-state index in [1.54, 1.807) is 19.1 Å². The van der Waals surface area contributed by atoms with Crippen LogP contribution in [0.3, 0.4) is 0 Å². The second-order valence-corrected chi connectivity index (χ2v) is 4.22. The van der Waals surface area contributed by atoms with Gasteiger partial charge in [-0.25, -0.2) is 13.8 Å². The maximum atomic E-state index is 13.4. The molecule has 0 unspecified atom stereocenters. The first-order valence-electron chi connectivity index (χ1n) is 5.38. The third-order valence-corrected chi connectivity index (χ3v) is 2.76. The number of hydrogen-bond acceptors (Lipinski definition) is 2. The van der Waals surface area contributed by atoms with Crippen molar-refractivity contribution in [1.29, 1.82) is 0 Å². The van der Waals surface area contributed by atoms with Gasteiger partial charge in [-0.15, -0.1) is 0 Å². The summed E-state index contributed by atoms with van der Waals surface area (Å²) in [7, 11) is 0. The Bertz CT molecular complexity index is 573. The van der Waals surface area contributed by atoms with Crippen LogP contribution < -0.4 is 5.32 Å². The monoisotopic (exact) mass is 268 g/mol. The van der Waals surface area contributed by atoms with Gasteiger partial charge < -0.3 is 5.32 Å². The largest absolute Gasteiger partial charge is 0.379 e. The number of aryl methyl sites for hydroxylation is 1. The van der Waals surface area contributed by atoms with Crippen LogP contribution in [-0.4, -0.2) is 4.98 Å². The van der Waals surface area contributed by atoms with Crippen molar-refractivity contribution in [2.24, 2.45) is 0 Å². The van der Waals surface area contributed by atoms with Gasteiger partial charge in [-0.05, 0) is 25.1 Å². The van der Waals surface area contributed by atoms with E-state index in [-0.39, 0.29) is 12.1 Å². The summed E-state index contributed by atoms with van der Waals surface area (Å²) in [5, 5.41) is 3.39. The SMILES string of the molecule is Cc1nc(Cl)ccc1NCc1cccc(F)c1F. The van der Waals surface area contributed by atoms with E-state index < -0.39 is 11.6 Å². The summed E-state index contributed by atoms with van der Waals surface area (Å²) in [6, 6.07) is 7.49. The molecule has 1 aromatic heterocycles. The second-order valence-electron chi connectivity index (χ2n) is 3.83. The third-order valence-electron chi connectivity index (χ3n) is 2.55. The highest BCUT2D eigenvalue weighted by molar-refractivity contribution is 6.29. The van der Waals surface area contributed by atoms with Crippen molar-refractivity contribution in [2.75, 3.05) is 5.32 Å². The Labute approximate surface area is 109 Å². The average Bonchev–Trinajstić information content (AvgIpc) is 2.33. The van der Waals surface area contributed by atoms with E-state index >= 15 is 0 Å². The van der Waals surface area contributed by atoms with E-state index in [4.69, 9.17) is 11.6 Å². The number of halogens is 3. The molecule has 0 saturated heterocycles. The van der Waals surface area contributed by atoms with Crippen LogP contribution in [0.15, 0.2) is 30.3 Å². The van der Waals surface area contributed by atoms with Crippen molar-refractivity contribution < 1.29 is 8.78 Å². The van der Waals surface area contributed by atoms with Crippen LogP contribution in [-0.2, 0) is 6.54 Å². The molecule has 5 heteroatoms. The standard InChI is InChI=1S/C13H11ClF2N2/c1-8-11(5-6-12(14)18-8)17-7-9-3-2-4-10(15)13(9)16/h2-6,17H,7H2,1H3. The molecule has 0 radical (unpaired) electrons. The minimum Gasteiger partial charge on any atom is -0.379 e. The van der Waals surface area contributed by atoms with Crippen LogP contribution in [0.5, 0.6) is 0 Å². The van der Waals surface area contributed by atoms with Gasteiger partial charge in [-0.2, -0.15) is 0 Å². The van der Waals surface area contributed by atoms with Crippen molar-refractivity contribution in [3.8, 4) is 0 Å². The predicted octanol–water partition coefficient (Wildman–Crippen LogP) is 3.93. The van der Waals surface area contributed by atoms with Gasteiger partial charge in [0.15, 0.2) is 11.6 Å². The third kappa shape index (κ3) is 2.76. The van der Waals surface area contributed by atoms with Crippen molar-refractivity contribution in [3.63, 3.8) is 0 Å². The topological polar surface area (TPSA) is 24.9 Å². The fourth-order valence-corrected chi connectivity index (χ4v) is 1.78. The molecule has 18 heavy (non-hydrogen) atoms. The summed E-state index contributed by atoms with van der Waals surface area (Å²) in [5.74, 6) is -1.68. The molecule has 1 aromatic carbocycles. The molecule has 0 bridgehead atoms. The molecule has 0 spiro atoms. The normalized spacial score (nSPS) is 10.4. The highest BCUT2D eigenvalue weighted by Gasteiger charge is 2.08. The Kier molecular flexibility index (Phi) is 3.77. The first-order valence-corrected chi connectivity index (χ1v) is 5.75. The van der Waals surface area contributed by atoms with E-state index in [2.05, 4.69) is 10.3 Å². The van der Waals surface area contributed by atoms with E-state index in [1.165, 1.54) is 12.1 Å². The second kappa shape index (κ2) is 5.31. The minimum absolute atomic E-state index is 0.188. The molecule has 0 aliphatic rings. The van der Waals surface area contributed by atoms with Crippen LogP contribution >= 0.6 is 11.6 Å². The Morgan fingerprint density at radius 3 is 2.72 bits per heavy atom. The molecule has 0 atom stereocenters. The molecule has 94 valence electrons. The van der Waals surface area contributed by atoms with E-state index in [0.29, 0.717) is 10.8 Å². The summed E-state index contributed by atoms with van der Waals surface area (Å²) >= 11 is 5.73. The van der Waals surface area contributed by atoms with Gasteiger partial charge in [0.25, 0.3) is 0 Å². The minimum atomic E-state index is -0.847. The molecule has 2 rings (SSSR count). The average molecular weight is 269 g/mol. The van der Waals surface area contributed by atoms with Crippen LogP contribution in [0.25, 0.3) is 0 Å². The summed E-state index contributed by atoms with van der Waals surface area (Å²) in [5.41, 5.74) is 1.71. The first kappa shape index (κ1) is 12.8. The summed E-state index contributed by atoms with van der Waals surface area (Å²) in [6.45, 7) is 1.98. The molecule has 0 amide bonds. The lowest BCUT2D eigenvalue weighted by atomic mass is 10.2. The lowest BCUT2D eigenvalue weighted by Crippen LogP contribution is -2.05. The lowest BCUT2D eigenvalue weighted by Gasteiger charge is -2.10. The smallest absolute Gasteiger partial charge is 0.163 e. The van der Waals surface area contributed by atoms with Crippen LogP contribution in [0.1, 0.15) is 11.3 Å². The van der Waals surface area contributed by atoms with E-state index in [1.807, 2.05) is 0 Å². The highest BCUT2D eigenvalue weighted by atomic mass is 35.5. The van der Waals surface area contributed by atoms with E-state index in [9.17, 15) is 8.78 Å². The zero-order valence-electron chi connectivity index (χ0n) is 9.67. The summed E-state index contributed by atoms with van der Waals surface area (Å²) in [6.07, 6.45) is 0. The van der Waals surface area contributed by atoms with Crippen LogP contribution in [0.2, 0.25) is 5.15 Å². The number of aromatic nitrogens is 1. The highest BCUT2D eigenvalue weighted by Crippen LogP contribution is 2.18. The van der Waals surface area contributed by atoms with Crippen molar-refractivity contribution >= 4 is 17.3 Å². The molecule has 2 aromatic rings. The van der Waals surface area contributed by atoms with Gasteiger partial charge in [0.05, 0.1) is 11.4 Å². The van der Waals surface area contributed by atoms with Gasteiger partial charge >= 0.3 is 0 Å². The Balaban J connectivity index is 2.14.